The van der Waals surface area contributed by atoms with Crippen molar-refractivity contribution in [3.63, 3.8) is 0 Å². The molecule has 1 aliphatic carbocycles. The van der Waals surface area contributed by atoms with E-state index in [0.29, 0.717) is 17.9 Å². The van der Waals surface area contributed by atoms with Gasteiger partial charge in [-0.05, 0) is 44.6 Å². The van der Waals surface area contributed by atoms with Gasteiger partial charge in [0.25, 0.3) is 0 Å². The van der Waals surface area contributed by atoms with E-state index in [-0.39, 0.29) is 5.41 Å². The van der Waals surface area contributed by atoms with Crippen LogP contribution in [0, 0.1) is 11.3 Å². The first-order valence-electron chi connectivity index (χ1n) is 8.09. The van der Waals surface area contributed by atoms with Crippen LogP contribution < -0.4 is 5.32 Å². The maximum Gasteiger partial charge on any atom is 0.230 e. The lowest BCUT2D eigenvalue weighted by molar-refractivity contribution is -0.146. The summed E-state index contributed by atoms with van der Waals surface area (Å²) in [6.07, 6.45) is 8.24. The summed E-state index contributed by atoms with van der Waals surface area (Å²) in [5.41, 5.74) is -0.135. The highest BCUT2D eigenvalue weighted by Crippen LogP contribution is 2.35. The summed E-state index contributed by atoms with van der Waals surface area (Å²) in [6.45, 7) is 6.42. The Hall–Kier alpha value is -0.570. The van der Waals surface area contributed by atoms with Crippen LogP contribution in [0.3, 0.4) is 0 Å². The zero-order valence-corrected chi connectivity index (χ0v) is 12.9. The van der Waals surface area contributed by atoms with Gasteiger partial charge in [-0.15, -0.1) is 0 Å². The van der Waals surface area contributed by atoms with Gasteiger partial charge in [0.05, 0.1) is 5.41 Å². The van der Waals surface area contributed by atoms with Crippen LogP contribution in [0.1, 0.15) is 58.8 Å². The molecule has 2 rings (SSSR count). The number of hydrogen-bond acceptors (Lipinski definition) is 2. The summed E-state index contributed by atoms with van der Waals surface area (Å²) in [4.78, 5) is 15.1. The molecule has 0 radical (unpaired) electrons. The fourth-order valence-corrected chi connectivity index (χ4v) is 4.00. The van der Waals surface area contributed by atoms with E-state index in [2.05, 4.69) is 24.1 Å². The molecule has 1 heterocycles. The Kier molecular flexibility index (Phi) is 4.88. The van der Waals surface area contributed by atoms with Crippen molar-refractivity contribution in [1.29, 1.82) is 0 Å². The van der Waals surface area contributed by atoms with Gasteiger partial charge in [-0.3, -0.25) is 4.79 Å². The first-order chi connectivity index (χ1) is 9.10. The predicted molar refractivity (Wildman–Crippen MR) is 79.0 cm³/mol. The Bertz CT molecular complexity index is 310. The molecule has 0 aromatic heterocycles. The molecule has 3 nitrogen and oxygen atoms in total. The third kappa shape index (κ3) is 2.96. The van der Waals surface area contributed by atoms with E-state index in [1.165, 1.54) is 25.7 Å². The van der Waals surface area contributed by atoms with Crippen LogP contribution >= 0.6 is 0 Å². The van der Waals surface area contributed by atoms with Gasteiger partial charge in [0, 0.05) is 19.6 Å². The first-order valence-corrected chi connectivity index (χ1v) is 8.09. The van der Waals surface area contributed by atoms with Gasteiger partial charge < -0.3 is 10.2 Å². The average Bonchev–Trinajstić information content (AvgIpc) is 2.47. The summed E-state index contributed by atoms with van der Waals surface area (Å²) < 4.78 is 0. The van der Waals surface area contributed by atoms with Crippen molar-refractivity contribution in [2.24, 2.45) is 11.3 Å². The summed E-state index contributed by atoms with van der Waals surface area (Å²) >= 11 is 0. The second kappa shape index (κ2) is 6.25. The van der Waals surface area contributed by atoms with Crippen molar-refractivity contribution in [3.8, 4) is 0 Å². The van der Waals surface area contributed by atoms with Gasteiger partial charge in [-0.1, -0.05) is 26.7 Å². The summed E-state index contributed by atoms with van der Waals surface area (Å²) in [7, 11) is 2.04. The molecule has 0 aromatic carbocycles. The molecule has 110 valence electrons. The Morgan fingerprint density at radius 2 is 2.05 bits per heavy atom. The highest BCUT2D eigenvalue weighted by atomic mass is 16.2. The van der Waals surface area contributed by atoms with Crippen LogP contribution in [0.5, 0.6) is 0 Å². The van der Waals surface area contributed by atoms with Crippen LogP contribution in [0.25, 0.3) is 0 Å². The van der Waals surface area contributed by atoms with E-state index in [1.54, 1.807) is 0 Å². The minimum Gasteiger partial charge on any atom is -0.342 e. The molecule has 2 fully saturated rings. The standard InChI is InChI=1S/C16H30N2O/c1-4-16(10-7-11-17-12-16)15(19)18(3)14-9-6-5-8-13(14)2/h13-14,17H,4-12H2,1-3H3. The second-order valence-corrected chi connectivity index (χ2v) is 6.66. The maximum atomic E-state index is 13.0. The highest BCUT2D eigenvalue weighted by Gasteiger charge is 2.42. The van der Waals surface area contributed by atoms with E-state index in [1.807, 2.05) is 7.05 Å². The van der Waals surface area contributed by atoms with Crippen LogP contribution in [-0.4, -0.2) is 37.0 Å². The molecule has 3 heteroatoms. The fourth-order valence-electron chi connectivity index (χ4n) is 4.00. The average molecular weight is 266 g/mol. The van der Waals surface area contributed by atoms with E-state index in [4.69, 9.17) is 0 Å². The molecule has 1 saturated heterocycles. The summed E-state index contributed by atoms with van der Waals surface area (Å²) in [5.74, 6) is 1.05. The van der Waals surface area contributed by atoms with E-state index < -0.39 is 0 Å². The maximum absolute atomic E-state index is 13.0. The van der Waals surface area contributed by atoms with Crippen LogP contribution in [-0.2, 0) is 4.79 Å². The molecular weight excluding hydrogens is 236 g/mol. The van der Waals surface area contributed by atoms with Crippen molar-refractivity contribution in [3.05, 3.63) is 0 Å². The molecule has 1 N–H and O–H groups in total. The molecule has 1 aliphatic heterocycles. The summed E-state index contributed by atoms with van der Waals surface area (Å²) in [5, 5.41) is 3.43. The Labute approximate surface area is 118 Å². The number of hydrogen-bond donors (Lipinski definition) is 1. The van der Waals surface area contributed by atoms with E-state index in [9.17, 15) is 4.79 Å². The molecule has 1 saturated carbocycles. The van der Waals surface area contributed by atoms with Gasteiger partial charge in [0.2, 0.25) is 5.91 Å². The largest absolute Gasteiger partial charge is 0.342 e. The Balaban J connectivity index is 2.08. The second-order valence-electron chi connectivity index (χ2n) is 6.66. The normalized spacial score (nSPS) is 35.9. The highest BCUT2D eigenvalue weighted by molar-refractivity contribution is 5.83. The van der Waals surface area contributed by atoms with Crippen molar-refractivity contribution in [2.75, 3.05) is 20.1 Å². The topological polar surface area (TPSA) is 32.3 Å². The minimum absolute atomic E-state index is 0.135. The number of piperidine rings is 1. The monoisotopic (exact) mass is 266 g/mol. The quantitative estimate of drug-likeness (QED) is 0.852. The molecule has 19 heavy (non-hydrogen) atoms. The van der Waals surface area contributed by atoms with Crippen molar-refractivity contribution in [1.82, 2.24) is 10.2 Å². The van der Waals surface area contributed by atoms with Crippen molar-refractivity contribution >= 4 is 5.91 Å². The lowest BCUT2D eigenvalue weighted by Gasteiger charge is -2.43. The number of nitrogens with zero attached hydrogens (tertiary/aromatic N) is 1. The minimum atomic E-state index is -0.135. The molecule has 2 aliphatic rings. The molecule has 0 aromatic rings. The van der Waals surface area contributed by atoms with E-state index in [0.717, 1.165) is 32.4 Å². The lowest BCUT2D eigenvalue weighted by atomic mass is 9.76. The van der Waals surface area contributed by atoms with Gasteiger partial charge in [-0.25, -0.2) is 0 Å². The van der Waals surface area contributed by atoms with Crippen LogP contribution in [0.2, 0.25) is 0 Å². The van der Waals surface area contributed by atoms with Crippen molar-refractivity contribution in [2.45, 2.75) is 64.8 Å². The number of amides is 1. The zero-order chi connectivity index (χ0) is 13.9. The third-order valence-electron chi connectivity index (χ3n) is 5.49. The molecule has 3 unspecified atom stereocenters. The van der Waals surface area contributed by atoms with Gasteiger partial charge >= 0.3 is 0 Å². The SMILES string of the molecule is CCC1(C(=O)N(C)C2CCCCC2C)CCCNC1. The molecular formula is C16H30N2O. The van der Waals surface area contributed by atoms with E-state index >= 15 is 0 Å². The number of carbonyl (C=O) groups is 1. The fraction of sp³-hybridized carbons (Fsp3) is 0.938. The Morgan fingerprint density at radius 3 is 2.63 bits per heavy atom. The molecule has 3 atom stereocenters. The summed E-state index contributed by atoms with van der Waals surface area (Å²) in [6, 6.07) is 0.464. The number of carbonyl (C=O) groups excluding carboxylic acids is 1. The molecule has 0 bridgehead atoms. The number of nitrogens with one attached hydrogen (secondary N) is 1. The number of rotatable bonds is 3. The van der Waals surface area contributed by atoms with Gasteiger partial charge in [0.15, 0.2) is 0 Å². The predicted octanol–water partition coefficient (Wildman–Crippen LogP) is 2.80. The Morgan fingerprint density at radius 1 is 1.32 bits per heavy atom. The smallest absolute Gasteiger partial charge is 0.230 e. The van der Waals surface area contributed by atoms with Crippen LogP contribution in [0.4, 0.5) is 0 Å². The van der Waals surface area contributed by atoms with Crippen LogP contribution in [0.15, 0.2) is 0 Å². The molecule has 0 spiro atoms. The van der Waals surface area contributed by atoms with Crippen molar-refractivity contribution < 1.29 is 4.79 Å². The lowest BCUT2D eigenvalue weighted by Crippen LogP contribution is -2.54. The van der Waals surface area contributed by atoms with Gasteiger partial charge in [0.1, 0.15) is 0 Å². The first kappa shape index (κ1) is 14.8. The van der Waals surface area contributed by atoms with Gasteiger partial charge in [-0.2, -0.15) is 0 Å². The zero-order valence-electron chi connectivity index (χ0n) is 12.9. The molecule has 1 amide bonds. The third-order valence-corrected chi connectivity index (χ3v) is 5.49.